The molecule has 0 radical (unpaired) electrons. The van der Waals surface area contributed by atoms with Gasteiger partial charge in [0, 0.05) is 29.7 Å². The monoisotopic (exact) mass is 250 g/mol. The zero-order valence-corrected chi connectivity index (χ0v) is 12.2. The minimum atomic E-state index is 0.0314. The van der Waals surface area contributed by atoms with Crippen LogP contribution in [0.4, 0.5) is 5.69 Å². The molecule has 0 bridgehead atoms. The Morgan fingerprint density at radius 2 is 1.83 bits per heavy atom. The molecule has 1 aromatic heterocycles. The van der Waals surface area contributed by atoms with Crippen LogP contribution in [0, 0.1) is 24.7 Å². The molecule has 3 nitrogen and oxygen atoms in total. The number of nitrogens with zero attached hydrogens (tertiary/aromatic N) is 1. The van der Waals surface area contributed by atoms with Gasteiger partial charge in [0.2, 0.25) is 0 Å². The summed E-state index contributed by atoms with van der Waals surface area (Å²) in [4.78, 5) is 4.21. The van der Waals surface area contributed by atoms with Gasteiger partial charge in [-0.3, -0.25) is 4.98 Å². The van der Waals surface area contributed by atoms with Gasteiger partial charge >= 0.3 is 0 Å². The summed E-state index contributed by atoms with van der Waals surface area (Å²) in [6.07, 6.45) is 1.75. The van der Waals surface area contributed by atoms with Crippen LogP contribution in [0.3, 0.4) is 0 Å². The molecule has 0 saturated heterocycles. The predicted octanol–water partition coefficient (Wildman–Crippen LogP) is 3.22. The van der Waals surface area contributed by atoms with Gasteiger partial charge in [0.1, 0.15) is 0 Å². The summed E-state index contributed by atoms with van der Waals surface area (Å²) in [6.45, 7) is 12.0. The van der Waals surface area contributed by atoms with Crippen molar-refractivity contribution in [2.24, 2.45) is 17.8 Å². The molecule has 0 aliphatic heterocycles. The lowest BCUT2D eigenvalue weighted by Gasteiger charge is -2.26. The minimum absolute atomic E-state index is 0.0314. The van der Waals surface area contributed by atoms with Crippen LogP contribution in [0.15, 0.2) is 12.3 Å². The fourth-order valence-electron chi connectivity index (χ4n) is 2.35. The molecule has 1 rings (SSSR count). The van der Waals surface area contributed by atoms with Gasteiger partial charge in [-0.2, -0.15) is 0 Å². The average molecular weight is 250 g/mol. The third-order valence-corrected chi connectivity index (χ3v) is 3.53. The standard InChI is InChI=1S/C15H26N2O/c1-10(2)14(11(3)4)8-17-15-6-12(5)16-7-13(15)9-18/h6-7,10-11,14,18H,8-9H2,1-5H3,(H,16,17). The van der Waals surface area contributed by atoms with E-state index in [9.17, 15) is 5.11 Å². The van der Waals surface area contributed by atoms with Crippen LogP contribution in [0.25, 0.3) is 0 Å². The van der Waals surface area contributed by atoms with E-state index in [0.29, 0.717) is 17.8 Å². The second-order valence-electron chi connectivity index (χ2n) is 5.67. The number of aromatic nitrogens is 1. The topological polar surface area (TPSA) is 45.1 Å². The van der Waals surface area contributed by atoms with Crippen LogP contribution < -0.4 is 5.32 Å². The second kappa shape index (κ2) is 6.74. The highest BCUT2D eigenvalue weighted by Gasteiger charge is 2.17. The van der Waals surface area contributed by atoms with Gasteiger partial charge in [0.15, 0.2) is 0 Å². The molecule has 18 heavy (non-hydrogen) atoms. The summed E-state index contributed by atoms with van der Waals surface area (Å²) in [6, 6.07) is 2.00. The Balaban J connectivity index is 2.75. The van der Waals surface area contributed by atoms with Crippen LogP contribution in [0.1, 0.15) is 39.0 Å². The first kappa shape index (κ1) is 15.0. The Kier molecular flexibility index (Phi) is 5.60. The highest BCUT2D eigenvalue weighted by molar-refractivity contribution is 5.50. The van der Waals surface area contributed by atoms with Gasteiger partial charge in [-0.25, -0.2) is 0 Å². The van der Waals surface area contributed by atoms with Crippen molar-refractivity contribution in [3.8, 4) is 0 Å². The smallest absolute Gasteiger partial charge is 0.0717 e. The van der Waals surface area contributed by atoms with E-state index in [1.165, 1.54) is 0 Å². The molecular weight excluding hydrogens is 224 g/mol. The fourth-order valence-corrected chi connectivity index (χ4v) is 2.35. The highest BCUT2D eigenvalue weighted by atomic mass is 16.3. The lowest BCUT2D eigenvalue weighted by atomic mass is 9.85. The molecule has 2 N–H and O–H groups in total. The summed E-state index contributed by atoms with van der Waals surface area (Å²) in [5, 5.41) is 12.8. The van der Waals surface area contributed by atoms with Crippen LogP contribution in [-0.4, -0.2) is 16.6 Å². The van der Waals surface area contributed by atoms with Crippen molar-refractivity contribution in [3.05, 3.63) is 23.5 Å². The number of hydrogen-bond acceptors (Lipinski definition) is 3. The molecule has 0 amide bonds. The molecule has 1 heterocycles. The summed E-state index contributed by atoms with van der Waals surface area (Å²) >= 11 is 0. The van der Waals surface area contributed by atoms with Crippen molar-refractivity contribution in [1.29, 1.82) is 0 Å². The Labute approximate surface area is 111 Å². The van der Waals surface area contributed by atoms with Crippen molar-refractivity contribution in [1.82, 2.24) is 4.98 Å². The lowest BCUT2D eigenvalue weighted by Crippen LogP contribution is -2.25. The van der Waals surface area contributed by atoms with Crippen molar-refractivity contribution in [2.45, 2.75) is 41.2 Å². The van der Waals surface area contributed by atoms with Gasteiger partial charge in [-0.05, 0) is 30.7 Å². The number of aliphatic hydroxyl groups is 1. The van der Waals surface area contributed by atoms with Gasteiger partial charge in [0.25, 0.3) is 0 Å². The molecule has 0 saturated carbocycles. The summed E-state index contributed by atoms with van der Waals surface area (Å²) in [5.41, 5.74) is 2.85. The Hall–Kier alpha value is -1.09. The maximum absolute atomic E-state index is 9.31. The maximum atomic E-state index is 9.31. The Morgan fingerprint density at radius 1 is 1.22 bits per heavy atom. The molecule has 0 aromatic carbocycles. The molecular formula is C15H26N2O. The fraction of sp³-hybridized carbons (Fsp3) is 0.667. The lowest BCUT2D eigenvalue weighted by molar-refractivity contribution is 0.281. The molecule has 0 atom stereocenters. The first-order valence-electron chi connectivity index (χ1n) is 6.76. The summed E-state index contributed by atoms with van der Waals surface area (Å²) in [7, 11) is 0. The van der Waals surface area contributed by atoms with Gasteiger partial charge in [0.05, 0.1) is 6.61 Å². The van der Waals surface area contributed by atoms with E-state index in [2.05, 4.69) is 38.0 Å². The van der Waals surface area contributed by atoms with Crippen molar-refractivity contribution >= 4 is 5.69 Å². The zero-order chi connectivity index (χ0) is 13.7. The first-order chi connectivity index (χ1) is 8.45. The number of rotatable bonds is 6. The van der Waals surface area contributed by atoms with E-state index in [0.717, 1.165) is 23.5 Å². The van der Waals surface area contributed by atoms with E-state index in [4.69, 9.17) is 0 Å². The molecule has 102 valence electrons. The summed E-state index contributed by atoms with van der Waals surface area (Å²) < 4.78 is 0. The normalized spacial score (nSPS) is 11.6. The van der Waals surface area contributed by atoms with Crippen molar-refractivity contribution < 1.29 is 5.11 Å². The van der Waals surface area contributed by atoms with E-state index < -0.39 is 0 Å². The number of hydrogen-bond donors (Lipinski definition) is 2. The number of aryl methyl sites for hydroxylation is 1. The van der Waals surface area contributed by atoms with Crippen LogP contribution in [-0.2, 0) is 6.61 Å². The van der Waals surface area contributed by atoms with Gasteiger partial charge in [-0.1, -0.05) is 27.7 Å². The molecule has 0 fully saturated rings. The summed E-state index contributed by atoms with van der Waals surface area (Å²) in [5.74, 6) is 1.93. The predicted molar refractivity (Wildman–Crippen MR) is 76.6 cm³/mol. The SMILES string of the molecule is Cc1cc(NCC(C(C)C)C(C)C)c(CO)cn1. The zero-order valence-electron chi connectivity index (χ0n) is 12.2. The third-order valence-electron chi connectivity index (χ3n) is 3.53. The number of nitrogens with one attached hydrogen (secondary N) is 1. The molecule has 0 unspecified atom stereocenters. The minimum Gasteiger partial charge on any atom is -0.392 e. The molecule has 3 heteroatoms. The largest absolute Gasteiger partial charge is 0.392 e. The third kappa shape index (κ3) is 3.98. The number of anilines is 1. The van der Waals surface area contributed by atoms with Crippen LogP contribution >= 0.6 is 0 Å². The number of aliphatic hydroxyl groups excluding tert-OH is 1. The first-order valence-corrected chi connectivity index (χ1v) is 6.76. The molecule has 0 spiro atoms. The van der Waals surface area contributed by atoms with E-state index >= 15 is 0 Å². The van der Waals surface area contributed by atoms with Crippen molar-refractivity contribution in [2.75, 3.05) is 11.9 Å². The van der Waals surface area contributed by atoms with Crippen LogP contribution in [0.5, 0.6) is 0 Å². The van der Waals surface area contributed by atoms with E-state index in [1.54, 1.807) is 6.20 Å². The Bertz CT molecular complexity index is 367. The molecule has 0 aliphatic carbocycles. The second-order valence-corrected chi connectivity index (χ2v) is 5.67. The maximum Gasteiger partial charge on any atom is 0.0717 e. The van der Waals surface area contributed by atoms with Crippen molar-refractivity contribution in [3.63, 3.8) is 0 Å². The molecule has 0 aliphatic rings. The molecule has 1 aromatic rings. The average Bonchev–Trinajstić information content (AvgIpc) is 2.28. The van der Waals surface area contributed by atoms with E-state index in [1.807, 2.05) is 13.0 Å². The quantitative estimate of drug-likeness (QED) is 0.815. The van der Waals surface area contributed by atoms with E-state index in [-0.39, 0.29) is 6.61 Å². The van der Waals surface area contributed by atoms with Gasteiger partial charge in [-0.15, -0.1) is 0 Å². The highest BCUT2D eigenvalue weighted by Crippen LogP contribution is 2.23. The Morgan fingerprint density at radius 3 is 2.33 bits per heavy atom. The van der Waals surface area contributed by atoms with Gasteiger partial charge < -0.3 is 10.4 Å². The number of pyridine rings is 1. The van der Waals surface area contributed by atoms with Crippen LogP contribution in [0.2, 0.25) is 0 Å².